The van der Waals surface area contributed by atoms with E-state index < -0.39 is 21.3 Å². The van der Waals surface area contributed by atoms with E-state index in [0.717, 1.165) is 0 Å². The van der Waals surface area contributed by atoms with Crippen molar-refractivity contribution < 1.29 is 17.5 Å². The van der Waals surface area contributed by atoms with Crippen LogP contribution in [-0.4, -0.2) is 17.5 Å². The monoisotopic (exact) mass is 282 g/mol. The van der Waals surface area contributed by atoms with Crippen molar-refractivity contribution in [3.63, 3.8) is 0 Å². The molecule has 2 aromatic rings. The lowest BCUT2D eigenvalue weighted by atomic mass is 10.4. The van der Waals surface area contributed by atoms with Crippen LogP contribution in [0.3, 0.4) is 0 Å². The van der Waals surface area contributed by atoms with Gasteiger partial charge >= 0.3 is 0 Å². The fourth-order valence-corrected chi connectivity index (χ4v) is 2.96. The molecule has 0 aliphatic rings. The van der Waals surface area contributed by atoms with Gasteiger partial charge in [-0.05, 0) is 36.4 Å². The normalized spacial score (nSPS) is 13.2. The highest BCUT2D eigenvalue weighted by Crippen LogP contribution is 2.21. The summed E-state index contributed by atoms with van der Waals surface area (Å²) in [6, 6.07) is 14.1. The molecular weight excluding hydrogens is 272 g/mol. The first-order valence-electron chi connectivity index (χ1n) is 5.03. The molecule has 0 bridgehead atoms. The lowest BCUT2D eigenvalue weighted by Crippen LogP contribution is -2.03. The SMILES string of the molecule is O=S(=O)(O)c1ccc([S+]([O-])c2ccccc2)cc1. The van der Waals surface area contributed by atoms with E-state index in [4.69, 9.17) is 4.55 Å². The molecule has 1 unspecified atom stereocenters. The summed E-state index contributed by atoms with van der Waals surface area (Å²) in [5.41, 5.74) is 0. The Morgan fingerprint density at radius 1 is 0.889 bits per heavy atom. The van der Waals surface area contributed by atoms with Crippen LogP contribution in [0.2, 0.25) is 0 Å². The minimum Gasteiger partial charge on any atom is -0.606 e. The minimum atomic E-state index is -4.21. The summed E-state index contributed by atoms with van der Waals surface area (Å²) in [5, 5.41) is 0. The summed E-state index contributed by atoms with van der Waals surface area (Å²) in [7, 11) is -4.21. The summed E-state index contributed by atoms with van der Waals surface area (Å²) in [5.74, 6) is 0. The van der Waals surface area contributed by atoms with Crippen LogP contribution in [-0.2, 0) is 21.3 Å². The van der Waals surface area contributed by atoms with E-state index in [0.29, 0.717) is 9.79 Å². The zero-order valence-corrected chi connectivity index (χ0v) is 10.8. The van der Waals surface area contributed by atoms with E-state index in [1.807, 2.05) is 6.07 Å². The van der Waals surface area contributed by atoms with Gasteiger partial charge < -0.3 is 4.55 Å². The number of benzene rings is 2. The highest BCUT2D eigenvalue weighted by atomic mass is 32.2. The average molecular weight is 282 g/mol. The number of hydrogen-bond acceptors (Lipinski definition) is 3. The Balaban J connectivity index is 2.31. The van der Waals surface area contributed by atoms with E-state index in [-0.39, 0.29) is 4.90 Å². The zero-order valence-electron chi connectivity index (χ0n) is 9.18. The fraction of sp³-hybridized carbons (Fsp3) is 0. The van der Waals surface area contributed by atoms with Crippen molar-refractivity contribution in [1.82, 2.24) is 0 Å². The Hall–Kier alpha value is -1.34. The van der Waals surface area contributed by atoms with Crippen LogP contribution in [0.4, 0.5) is 0 Å². The molecule has 0 aliphatic carbocycles. The van der Waals surface area contributed by atoms with Crippen LogP contribution in [0.25, 0.3) is 0 Å². The molecule has 0 saturated heterocycles. The van der Waals surface area contributed by atoms with E-state index in [2.05, 4.69) is 0 Å². The molecule has 0 aromatic heterocycles. The second-order valence-corrected chi connectivity index (χ2v) is 6.43. The van der Waals surface area contributed by atoms with Crippen LogP contribution < -0.4 is 0 Å². The van der Waals surface area contributed by atoms with Crippen molar-refractivity contribution in [3.05, 3.63) is 54.6 Å². The Morgan fingerprint density at radius 2 is 1.39 bits per heavy atom. The molecule has 0 spiro atoms. The second-order valence-electron chi connectivity index (χ2n) is 3.53. The molecule has 2 rings (SSSR count). The molecule has 4 nitrogen and oxygen atoms in total. The number of hydrogen-bond donors (Lipinski definition) is 1. The third-order valence-electron chi connectivity index (χ3n) is 2.29. The van der Waals surface area contributed by atoms with E-state index >= 15 is 0 Å². The predicted octanol–water partition coefficient (Wildman–Crippen LogP) is 2.10. The predicted molar refractivity (Wildman–Crippen MR) is 67.4 cm³/mol. The summed E-state index contributed by atoms with van der Waals surface area (Å²) in [6.07, 6.45) is 0. The van der Waals surface area contributed by atoms with Gasteiger partial charge in [0.15, 0.2) is 9.79 Å². The Labute approximate surface area is 108 Å². The molecule has 0 heterocycles. The quantitative estimate of drug-likeness (QED) is 0.691. The molecule has 0 fully saturated rings. The largest absolute Gasteiger partial charge is 0.606 e. The molecule has 2 aromatic carbocycles. The zero-order chi connectivity index (χ0) is 13.2. The lowest BCUT2D eigenvalue weighted by Gasteiger charge is -2.09. The van der Waals surface area contributed by atoms with E-state index in [9.17, 15) is 13.0 Å². The van der Waals surface area contributed by atoms with Crippen LogP contribution in [0.5, 0.6) is 0 Å². The lowest BCUT2D eigenvalue weighted by molar-refractivity contribution is 0.483. The third-order valence-corrected chi connectivity index (χ3v) is 4.56. The van der Waals surface area contributed by atoms with Crippen LogP contribution in [0.1, 0.15) is 0 Å². The Morgan fingerprint density at radius 3 is 1.89 bits per heavy atom. The van der Waals surface area contributed by atoms with Gasteiger partial charge in [-0.25, -0.2) is 0 Å². The first kappa shape index (κ1) is 13.1. The van der Waals surface area contributed by atoms with Gasteiger partial charge in [0.1, 0.15) is 0 Å². The van der Waals surface area contributed by atoms with Gasteiger partial charge in [-0.1, -0.05) is 18.2 Å². The molecule has 18 heavy (non-hydrogen) atoms. The Bertz CT molecular complexity index is 621. The van der Waals surface area contributed by atoms with Gasteiger partial charge in [-0.15, -0.1) is 0 Å². The molecule has 94 valence electrons. The van der Waals surface area contributed by atoms with Crippen molar-refractivity contribution in [2.75, 3.05) is 0 Å². The summed E-state index contributed by atoms with van der Waals surface area (Å²) < 4.78 is 42.7. The molecular formula is C12H10O4S2. The van der Waals surface area contributed by atoms with Gasteiger partial charge in [0.2, 0.25) is 0 Å². The molecule has 1 N–H and O–H groups in total. The molecule has 1 atom stereocenters. The van der Waals surface area contributed by atoms with Crippen LogP contribution in [0, 0.1) is 0 Å². The van der Waals surface area contributed by atoms with Crippen molar-refractivity contribution in [2.24, 2.45) is 0 Å². The van der Waals surface area contributed by atoms with Crippen molar-refractivity contribution in [2.45, 2.75) is 14.7 Å². The average Bonchev–Trinajstić information content (AvgIpc) is 2.38. The van der Waals surface area contributed by atoms with Crippen molar-refractivity contribution >= 4 is 21.3 Å². The third kappa shape index (κ3) is 2.91. The smallest absolute Gasteiger partial charge is 0.294 e. The highest BCUT2D eigenvalue weighted by Gasteiger charge is 2.16. The van der Waals surface area contributed by atoms with Gasteiger partial charge in [-0.2, -0.15) is 8.42 Å². The van der Waals surface area contributed by atoms with Crippen molar-refractivity contribution in [1.29, 1.82) is 0 Å². The minimum absolute atomic E-state index is 0.212. The second kappa shape index (κ2) is 5.11. The first-order valence-corrected chi connectivity index (χ1v) is 7.62. The molecule has 0 radical (unpaired) electrons. The van der Waals surface area contributed by atoms with E-state index in [1.54, 1.807) is 24.3 Å². The van der Waals surface area contributed by atoms with Gasteiger partial charge in [-0.3, -0.25) is 4.55 Å². The molecule has 0 saturated carbocycles. The summed E-state index contributed by atoms with van der Waals surface area (Å²) >= 11 is -1.36. The van der Waals surface area contributed by atoms with Crippen molar-refractivity contribution in [3.8, 4) is 0 Å². The van der Waals surface area contributed by atoms with Crippen LogP contribution in [0.15, 0.2) is 69.3 Å². The van der Waals surface area contributed by atoms with Gasteiger partial charge in [0.05, 0.1) is 4.90 Å². The summed E-state index contributed by atoms with van der Waals surface area (Å²) in [4.78, 5) is 0.905. The topological polar surface area (TPSA) is 77.4 Å². The molecule has 0 aliphatic heterocycles. The van der Waals surface area contributed by atoms with Gasteiger partial charge in [0.25, 0.3) is 10.1 Å². The van der Waals surface area contributed by atoms with Crippen LogP contribution >= 0.6 is 0 Å². The maximum Gasteiger partial charge on any atom is 0.294 e. The number of rotatable bonds is 3. The fourth-order valence-electron chi connectivity index (χ4n) is 1.42. The molecule has 0 amide bonds. The Kier molecular flexibility index (Phi) is 3.72. The molecule has 6 heteroatoms. The maximum absolute atomic E-state index is 12.1. The maximum atomic E-state index is 12.1. The van der Waals surface area contributed by atoms with E-state index in [1.165, 1.54) is 24.3 Å². The standard InChI is InChI=1S/C12H10O4S2/c13-17(10-4-2-1-3-5-10)11-6-8-12(9-7-11)18(14,15)16/h1-9H,(H,14,15,16). The van der Waals surface area contributed by atoms with Gasteiger partial charge in [0, 0.05) is 11.2 Å². The highest BCUT2D eigenvalue weighted by molar-refractivity contribution is 7.91. The first-order chi connectivity index (χ1) is 8.48. The summed E-state index contributed by atoms with van der Waals surface area (Å²) in [6.45, 7) is 0.